The summed E-state index contributed by atoms with van der Waals surface area (Å²) in [7, 11) is 1.74. The number of carbonyl (C=O) groups is 2. The number of unbranched alkanes of at least 4 members (excludes halogenated alkanes) is 1. The van der Waals surface area contributed by atoms with E-state index in [-0.39, 0.29) is 42.7 Å². The van der Waals surface area contributed by atoms with Gasteiger partial charge in [-0.05, 0) is 41.9 Å². The van der Waals surface area contributed by atoms with Gasteiger partial charge in [0.2, 0.25) is 0 Å². The third-order valence-corrected chi connectivity index (χ3v) is 7.88. The maximum Gasteiger partial charge on any atom is 0.471 e. The number of hydrogen-bond acceptors (Lipinski definition) is 7. The molecule has 0 aromatic heterocycles. The molecule has 36 heavy (non-hydrogen) atoms. The molecule has 0 atom stereocenters. The van der Waals surface area contributed by atoms with Crippen LogP contribution in [0.1, 0.15) is 18.4 Å². The number of rotatable bonds is 6. The van der Waals surface area contributed by atoms with E-state index in [1.54, 1.807) is 18.0 Å². The maximum absolute atomic E-state index is 13.2. The van der Waals surface area contributed by atoms with Crippen molar-refractivity contribution < 1.29 is 22.8 Å². The van der Waals surface area contributed by atoms with Crippen LogP contribution in [0.15, 0.2) is 63.4 Å². The molecule has 0 unspecified atom stereocenters. The van der Waals surface area contributed by atoms with Crippen LogP contribution in [0.5, 0.6) is 0 Å². The van der Waals surface area contributed by atoms with Gasteiger partial charge in [0.1, 0.15) is 4.91 Å². The van der Waals surface area contributed by atoms with E-state index in [9.17, 15) is 22.8 Å². The number of nitrogens with one attached hydrogen (secondary N) is 1. The van der Waals surface area contributed by atoms with E-state index in [0.717, 1.165) is 17.3 Å². The summed E-state index contributed by atoms with van der Waals surface area (Å²) < 4.78 is 39.7. The van der Waals surface area contributed by atoms with Crippen LogP contribution in [0.25, 0.3) is 0 Å². The molecule has 1 N–H and O–H groups in total. The number of fused-ring (bicyclic) bond motifs is 1. The van der Waals surface area contributed by atoms with Gasteiger partial charge in [-0.3, -0.25) is 19.9 Å². The summed E-state index contributed by atoms with van der Waals surface area (Å²) in [5.41, 5.74) is 1.61. The van der Waals surface area contributed by atoms with Gasteiger partial charge in [0.05, 0.1) is 23.3 Å². The van der Waals surface area contributed by atoms with Crippen molar-refractivity contribution in [3.8, 4) is 6.07 Å². The lowest BCUT2D eigenvalue weighted by atomic mass is 10.2. The van der Waals surface area contributed by atoms with Crippen LogP contribution in [0, 0.1) is 16.7 Å². The predicted molar refractivity (Wildman–Crippen MR) is 133 cm³/mol. The Morgan fingerprint density at radius 3 is 2.56 bits per heavy atom. The number of thioether (sulfide) groups is 2. The van der Waals surface area contributed by atoms with E-state index in [2.05, 4.69) is 0 Å². The first kappa shape index (κ1) is 25.7. The first-order chi connectivity index (χ1) is 17.1. The summed E-state index contributed by atoms with van der Waals surface area (Å²) >= 11 is 2.24. The summed E-state index contributed by atoms with van der Waals surface area (Å²) in [4.78, 5) is 30.0. The number of alkyl halides is 3. The number of amides is 2. The van der Waals surface area contributed by atoms with Crippen molar-refractivity contribution in [1.29, 1.82) is 10.7 Å². The zero-order chi connectivity index (χ0) is 26.0. The molecule has 2 amide bonds. The highest BCUT2D eigenvalue weighted by Gasteiger charge is 2.43. The molecule has 2 aliphatic heterocycles. The largest absolute Gasteiger partial charge is 0.471 e. The molecule has 186 valence electrons. The highest BCUT2D eigenvalue weighted by Crippen LogP contribution is 2.51. The molecular formula is C24H20F3N5O2S2. The van der Waals surface area contributed by atoms with Crippen LogP contribution in [0.3, 0.4) is 0 Å². The average Bonchev–Trinajstić information content (AvgIpc) is 3.32. The fourth-order valence-electron chi connectivity index (χ4n) is 3.78. The third kappa shape index (κ3) is 5.08. The van der Waals surface area contributed by atoms with Crippen molar-refractivity contribution in [3.05, 3.63) is 64.0 Å². The lowest BCUT2D eigenvalue weighted by Gasteiger charge is -2.24. The van der Waals surface area contributed by atoms with E-state index in [1.165, 1.54) is 28.8 Å². The highest BCUT2D eigenvalue weighted by atomic mass is 32.2. The molecule has 0 aliphatic carbocycles. The monoisotopic (exact) mass is 531 g/mol. The van der Waals surface area contributed by atoms with E-state index in [0.29, 0.717) is 25.4 Å². The van der Waals surface area contributed by atoms with Gasteiger partial charge in [-0.25, -0.2) is 0 Å². The molecule has 0 bridgehead atoms. The fourth-order valence-corrected chi connectivity index (χ4v) is 6.02. The molecule has 7 nitrogen and oxygen atoms in total. The third-order valence-electron chi connectivity index (χ3n) is 5.55. The number of carbonyl (C=O) groups excluding carboxylic acids is 2. The molecule has 12 heteroatoms. The zero-order valence-corrected chi connectivity index (χ0v) is 20.6. The molecule has 2 aromatic rings. The van der Waals surface area contributed by atoms with Crippen molar-refractivity contribution in [1.82, 2.24) is 4.90 Å². The Balaban J connectivity index is 1.61. The van der Waals surface area contributed by atoms with Gasteiger partial charge in [-0.1, -0.05) is 42.1 Å². The van der Waals surface area contributed by atoms with E-state index < -0.39 is 12.1 Å². The second-order valence-electron chi connectivity index (χ2n) is 7.95. The van der Waals surface area contributed by atoms with Gasteiger partial charge in [0.25, 0.3) is 5.91 Å². The minimum atomic E-state index is -5.06. The minimum Gasteiger partial charge on any atom is -0.337 e. The highest BCUT2D eigenvalue weighted by molar-refractivity contribution is 8.19. The van der Waals surface area contributed by atoms with Gasteiger partial charge in [-0.15, -0.1) is 0 Å². The van der Waals surface area contributed by atoms with Crippen molar-refractivity contribution in [3.63, 3.8) is 0 Å². The van der Waals surface area contributed by atoms with Gasteiger partial charge < -0.3 is 9.80 Å². The minimum absolute atomic E-state index is 0.0189. The van der Waals surface area contributed by atoms with Crippen molar-refractivity contribution in [2.24, 2.45) is 0 Å². The van der Waals surface area contributed by atoms with Gasteiger partial charge in [0.15, 0.2) is 5.17 Å². The van der Waals surface area contributed by atoms with Crippen LogP contribution in [-0.2, 0) is 16.1 Å². The number of nitriles is 1. The zero-order valence-electron chi connectivity index (χ0n) is 19.0. The number of benzene rings is 2. The van der Waals surface area contributed by atoms with Crippen LogP contribution in [-0.4, -0.2) is 41.7 Å². The van der Waals surface area contributed by atoms with E-state index in [4.69, 9.17) is 10.7 Å². The fraction of sp³-hybridized carbons (Fsp3) is 0.250. The van der Waals surface area contributed by atoms with Gasteiger partial charge >= 0.3 is 12.1 Å². The Kier molecular flexibility index (Phi) is 7.33. The van der Waals surface area contributed by atoms with Crippen LogP contribution >= 0.6 is 23.5 Å². The molecular weight excluding hydrogens is 511 g/mol. The van der Waals surface area contributed by atoms with Crippen LogP contribution in [0.4, 0.5) is 24.5 Å². The first-order valence-corrected chi connectivity index (χ1v) is 12.4. The summed E-state index contributed by atoms with van der Waals surface area (Å²) in [6.07, 6.45) is -4.94. The number of halogens is 3. The lowest BCUT2D eigenvalue weighted by molar-refractivity contribution is -0.170. The Bertz CT molecular complexity index is 1290. The molecule has 2 heterocycles. The quantitative estimate of drug-likeness (QED) is 0.402. The predicted octanol–water partition coefficient (Wildman–Crippen LogP) is 5.31. The first-order valence-electron chi connectivity index (χ1n) is 10.8. The standard InChI is InChI=1S/C24H20F3N5O2S2/c1-30-17-10-9-16(31(12-6-5-11-28)22(34)24(25,26)27)13-18(17)35-21(30)19-20(33)32(23(29)36-19)14-15-7-3-2-4-8-15/h2-4,7-10,13,29H,5-6,12,14H2,1H3/b21-19-,29-23?. The molecule has 1 saturated heterocycles. The van der Waals surface area contributed by atoms with Crippen LogP contribution in [0.2, 0.25) is 0 Å². The van der Waals surface area contributed by atoms with E-state index in [1.807, 2.05) is 36.4 Å². The van der Waals surface area contributed by atoms with Crippen LogP contribution < -0.4 is 9.80 Å². The maximum atomic E-state index is 13.2. The number of amidine groups is 1. The number of anilines is 2. The second-order valence-corrected chi connectivity index (χ2v) is 9.98. The number of hydrogen-bond donors (Lipinski definition) is 1. The molecule has 0 radical (unpaired) electrons. The van der Waals surface area contributed by atoms with Crippen molar-refractivity contribution in [2.75, 3.05) is 23.4 Å². The smallest absolute Gasteiger partial charge is 0.337 e. The topological polar surface area (TPSA) is 91.5 Å². The second kappa shape index (κ2) is 10.3. The summed E-state index contributed by atoms with van der Waals surface area (Å²) in [6, 6.07) is 15.7. The van der Waals surface area contributed by atoms with Crippen molar-refractivity contribution in [2.45, 2.75) is 30.5 Å². The molecule has 2 aromatic carbocycles. The summed E-state index contributed by atoms with van der Waals surface area (Å²) in [5.74, 6) is -2.32. The number of nitrogens with zero attached hydrogens (tertiary/aromatic N) is 4. The Morgan fingerprint density at radius 1 is 1.17 bits per heavy atom. The molecule has 0 spiro atoms. The Labute approximate surface area is 214 Å². The molecule has 4 rings (SSSR count). The molecule has 0 saturated carbocycles. The summed E-state index contributed by atoms with van der Waals surface area (Å²) in [6.45, 7) is 0.00403. The lowest BCUT2D eigenvalue weighted by Crippen LogP contribution is -2.41. The Hall–Kier alpha value is -3.43. The SMILES string of the molecule is CN1/C(=C2/SC(=N)N(Cc3ccccc3)C2=O)Sc2cc(N(CCCC#N)C(=O)C(F)(F)F)ccc21. The van der Waals surface area contributed by atoms with Gasteiger partial charge in [0, 0.05) is 30.6 Å². The van der Waals surface area contributed by atoms with Gasteiger partial charge in [-0.2, -0.15) is 18.4 Å². The average molecular weight is 532 g/mol. The normalized spacial score (nSPS) is 17.4. The summed E-state index contributed by atoms with van der Waals surface area (Å²) in [5, 5.41) is 17.7. The molecule has 1 fully saturated rings. The molecule has 2 aliphatic rings. The van der Waals surface area contributed by atoms with Crippen molar-refractivity contribution >= 4 is 51.9 Å². The van der Waals surface area contributed by atoms with E-state index >= 15 is 0 Å². The Morgan fingerprint density at radius 2 is 1.89 bits per heavy atom.